The van der Waals surface area contributed by atoms with Crippen LogP contribution in [0, 0.1) is 10.1 Å². The van der Waals surface area contributed by atoms with Gasteiger partial charge in [0.25, 0.3) is 5.69 Å². The summed E-state index contributed by atoms with van der Waals surface area (Å²) in [6.45, 7) is 0.610. The first-order chi connectivity index (χ1) is 10.1. The molecule has 3 rings (SSSR count). The van der Waals surface area contributed by atoms with Gasteiger partial charge in [-0.05, 0) is 35.4 Å². The highest BCUT2D eigenvalue weighted by Gasteiger charge is 2.20. The number of nitro groups is 1. The van der Waals surface area contributed by atoms with Gasteiger partial charge in [-0.1, -0.05) is 6.07 Å². The third-order valence-corrected chi connectivity index (χ3v) is 3.44. The number of ether oxygens (including phenoxy) is 1. The Morgan fingerprint density at radius 1 is 1.24 bits per heavy atom. The number of carbonyl (C=O) groups is 1. The van der Waals surface area contributed by atoms with Crippen molar-refractivity contribution in [3.05, 3.63) is 57.6 Å². The van der Waals surface area contributed by atoms with Gasteiger partial charge in [-0.3, -0.25) is 10.1 Å². The molecule has 6 heteroatoms. The Bertz CT molecular complexity index is 754. The number of carboxylic acid groups (broad SMARTS) is 1. The molecule has 1 aliphatic heterocycles. The smallest absolute Gasteiger partial charge is 0.335 e. The predicted molar refractivity (Wildman–Crippen MR) is 74.7 cm³/mol. The van der Waals surface area contributed by atoms with Gasteiger partial charge in [-0.2, -0.15) is 0 Å². The van der Waals surface area contributed by atoms with Crippen LogP contribution in [0.3, 0.4) is 0 Å². The quantitative estimate of drug-likeness (QED) is 0.691. The van der Waals surface area contributed by atoms with Crippen molar-refractivity contribution in [3.63, 3.8) is 0 Å². The van der Waals surface area contributed by atoms with Crippen LogP contribution < -0.4 is 4.74 Å². The lowest BCUT2D eigenvalue weighted by Crippen LogP contribution is -1.99. The van der Waals surface area contributed by atoms with Crippen LogP contribution >= 0.6 is 0 Å². The maximum absolute atomic E-state index is 11.2. The molecule has 21 heavy (non-hydrogen) atoms. The first-order valence-electron chi connectivity index (χ1n) is 6.34. The van der Waals surface area contributed by atoms with Crippen LogP contribution in [0.5, 0.6) is 5.75 Å². The monoisotopic (exact) mass is 285 g/mol. The lowest BCUT2D eigenvalue weighted by atomic mass is 9.99. The first kappa shape index (κ1) is 13.1. The number of fused-ring (bicyclic) bond motifs is 1. The Morgan fingerprint density at radius 3 is 2.76 bits per heavy atom. The Hall–Kier alpha value is -2.89. The van der Waals surface area contributed by atoms with Crippen LogP contribution in [0.2, 0.25) is 0 Å². The zero-order valence-corrected chi connectivity index (χ0v) is 10.9. The molecular weight excluding hydrogens is 274 g/mol. The SMILES string of the molecule is O=C(O)c1ccc(-c2ccc3c(c2)CCO3)c([N+](=O)[O-])c1. The fourth-order valence-electron chi connectivity index (χ4n) is 2.41. The third kappa shape index (κ3) is 2.31. The van der Waals surface area contributed by atoms with E-state index in [9.17, 15) is 14.9 Å². The highest BCUT2D eigenvalue weighted by molar-refractivity contribution is 5.90. The van der Waals surface area contributed by atoms with Crippen molar-refractivity contribution >= 4 is 11.7 Å². The molecule has 0 unspecified atom stereocenters. The molecule has 0 fully saturated rings. The van der Waals surface area contributed by atoms with Gasteiger partial charge in [-0.25, -0.2) is 4.79 Å². The van der Waals surface area contributed by atoms with Gasteiger partial charge in [0.15, 0.2) is 0 Å². The van der Waals surface area contributed by atoms with Crippen molar-refractivity contribution in [1.82, 2.24) is 0 Å². The van der Waals surface area contributed by atoms with E-state index in [2.05, 4.69) is 0 Å². The normalized spacial score (nSPS) is 12.6. The van der Waals surface area contributed by atoms with Crippen molar-refractivity contribution in [2.24, 2.45) is 0 Å². The second-order valence-corrected chi connectivity index (χ2v) is 4.72. The van der Waals surface area contributed by atoms with E-state index in [1.807, 2.05) is 6.07 Å². The third-order valence-electron chi connectivity index (χ3n) is 3.44. The molecule has 0 atom stereocenters. The van der Waals surface area contributed by atoms with Gasteiger partial charge >= 0.3 is 5.97 Å². The molecule has 0 spiro atoms. The van der Waals surface area contributed by atoms with E-state index in [0.29, 0.717) is 17.7 Å². The second-order valence-electron chi connectivity index (χ2n) is 4.72. The summed E-state index contributed by atoms with van der Waals surface area (Å²) < 4.78 is 5.41. The maximum atomic E-state index is 11.2. The van der Waals surface area contributed by atoms with Crippen molar-refractivity contribution < 1.29 is 19.6 Å². The number of carboxylic acids is 1. The summed E-state index contributed by atoms with van der Waals surface area (Å²) in [6, 6.07) is 9.31. The van der Waals surface area contributed by atoms with Crippen LogP contribution in [0.1, 0.15) is 15.9 Å². The van der Waals surface area contributed by atoms with Gasteiger partial charge in [0.05, 0.1) is 22.7 Å². The molecule has 106 valence electrons. The number of aromatic carboxylic acids is 1. The van der Waals surface area contributed by atoms with Crippen molar-refractivity contribution in [3.8, 4) is 16.9 Å². The van der Waals surface area contributed by atoms with Crippen molar-refractivity contribution in [1.29, 1.82) is 0 Å². The number of nitro benzene ring substituents is 1. The zero-order valence-electron chi connectivity index (χ0n) is 10.9. The summed E-state index contributed by atoms with van der Waals surface area (Å²) in [5.41, 5.74) is 1.77. The summed E-state index contributed by atoms with van der Waals surface area (Å²) in [7, 11) is 0. The van der Waals surface area contributed by atoms with E-state index >= 15 is 0 Å². The minimum atomic E-state index is -1.19. The fraction of sp³-hybridized carbons (Fsp3) is 0.133. The lowest BCUT2D eigenvalue weighted by Gasteiger charge is -2.06. The predicted octanol–water partition coefficient (Wildman–Crippen LogP) is 2.89. The molecule has 2 aromatic carbocycles. The summed E-state index contributed by atoms with van der Waals surface area (Å²) in [5.74, 6) is -0.393. The van der Waals surface area contributed by atoms with Gasteiger partial charge in [0.1, 0.15) is 5.75 Å². The van der Waals surface area contributed by atoms with E-state index in [0.717, 1.165) is 23.8 Å². The minimum absolute atomic E-state index is 0.102. The van der Waals surface area contributed by atoms with E-state index < -0.39 is 10.9 Å². The molecular formula is C15H11NO5. The van der Waals surface area contributed by atoms with Crippen LogP contribution in [0.15, 0.2) is 36.4 Å². The summed E-state index contributed by atoms with van der Waals surface area (Å²) in [4.78, 5) is 21.6. The average Bonchev–Trinajstić information content (AvgIpc) is 2.93. The Labute approximate surface area is 119 Å². The molecule has 0 saturated heterocycles. The molecule has 0 aliphatic carbocycles. The average molecular weight is 285 g/mol. The number of hydrogen-bond donors (Lipinski definition) is 1. The van der Waals surface area contributed by atoms with Crippen LogP contribution in [-0.2, 0) is 6.42 Å². The minimum Gasteiger partial charge on any atom is -0.493 e. The molecule has 1 heterocycles. The number of rotatable bonds is 3. The molecule has 0 saturated carbocycles. The van der Waals surface area contributed by atoms with Gasteiger partial charge in [-0.15, -0.1) is 0 Å². The Kier molecular flexibility index (Phi) is 3.06. The molecule has 1 aliphatic rings. The fourth-order valence-corrected chi connectivity index (χ4v) is 2.41. The standard InChI is InChI=1S/C15H11NO5/c17-15(18)11-1-3-12(13(8-11)16(19)20)9-2-4-14-10(7-9)5-6-21-14/h1-4,7-8H,5-6H2,(H,17,18). The second kappa shape index (κ2) is 4.90. The molecule has 1 N–H and O–H groups in total. The molecule has 0 amide bonds. The van der Waals surface area contributed by atoms with E-state index in [-0.39, 0.29) is 11.3 Å². The van der Waals surface area contributed by atoms with Crippen molar-refractivity contribution in [2.75, 3.05) is 6.61 Å². The zero-order chi connectivity index (χ0) is 15.0. The number of hydrogen-bond acceptors (Lipinski definition) is 4. The number of nitrogens with zero attached hydrogens (tertiary/aromatic N) is 1. The van der Waals surface area contributed by atoms with Gasteiger partial charge in [0, 0.05) is 12.5 Å². The molecule has 0 radical (unpaired) electrons. The summed E-state index contributed by atoms with van der Waals surface area (Å²) in [5, 5.41) is 20.1. The molecule has 0 aromatic heterocycles. The Balaban J connectivity index is 2.13. The maximum Gasteiger partial charge on any atom is 0.335 e. The Morgan fingerprint density at radius 2 is 2.05 bits per heavy atom. The summed E-state index contributed by atoms with van der Waals surface area (Å²) >= 11 is 0. The van der Waals surface area contributed by atoms with Crippen molar-refractivity contribution in [2.45, 2.75) is 6.42 Å². The molecule has 6 nitrogen and oxygen atoms in total. The van der Waals surface area contributed by atoms with E-state index in [4.69, 9.17) is 9.84 Å². The number of benzene rings is 2. The largest absolute Gasteiger partial charge is 0.493 e. The van der Waals surface area contributed by atoms with E-state index in [1.165, 1.54) is 12.1 Å². The van der Waals surface area contributed by atoms with Crippen LogP contribution in [-0.4, -0.2) is 22.6 Å². The molecule has 0 bridgehead atoms. The van der Waals surface area contributed by atoms with Crippen LogP contribution in [0.25, 0.3) is 11.1 Å². The van der Waals surface area contributed by atoms with Gasteiger partial charge < -0.3 is 9.84 Å². The van der Waals surface area contributed by atoms with E-state index in [1.54, 1.807) is 12.1 Å². The lowest BCUT2D eigenvalue weighted by molar-refractivity contribution is -0.384. The van der Waals surface area contributed by atoms with Crippen LogP contribution in [0.4, 0.5) is 5.69 Å². The summed E-state index contributed by atoms with van der Waals surface area (Å²) in [6.07, 6.45) is 0.768. The highest BCUT2D eigenvalue weighted by Crippen LogP contribution is 2.35. The van der Waals surface area contributed by atoms with Gasteiger partial charge in [0.2, 0.25) is 0 Å². The topological polar surface area (TPSA) is 89.7 Å². The molecule has 2 aromatic rings. The highest BCUT2D eigenvalue weighted by atomic mass is 16.6. The first-order valence-corrected chi connectivity index (χ1v) is 6.34.